The second-order valence-corrected chi connectivity index (χ2v) is 6.33. The molecule has 3 rings (SSSR count). The van der Waals surface area contributed by atoms with Crippen molar-refractivity contribution in [3.8, 4) is 0 Å². The molecular formula is C19H25N5O. The Hall–Kier alpha value is -2.47. The molecule has 132 valence electrons. The van der Waals surface area contributed by atoms with Gasteiger partial charge < -0.3 is 15.1 Å². The Balaban J connectivity index is 1.62. The van der Waals surface area contributed by atoms with Gasteiger partial charge in [-0.05, 0) is 25.1 Å². The highest BCUT2D eigenvalue weighted by Crippen LogP contribution is 2.10. The third kappa shape index (κ3) is 4.54. The van der Waals surface area contributed by atoms with Crippen molar-refractivity contribution < 1.29 is 4.79 Å². The summed E-state index contributed by atoms with van der Waals surface area (Å²) < 4.78 is 0. The molecule has 0 bridgehead atoms. The van der Waals surface area contributed by atoms with E-state index in [4.69, 9.17) is 0 Å². The Morgan fingerprint density at radius 3 is 2.72 bits per heavy atom. The molecular weight excluding hydrogens is 314 g/mol. The Morgan fingerprint density at radius 1 is 1.20 bits per heavy atom. The predicted octanol–water partition coefficient (Wildman–Crippen LogP) is 2.17. The zero-order chi connectivity index (χ0) is 17.6. The van der Waals surface area contributed by atoms with Crippen molar-refractivity contribution >= 4 is 11.9 Å². The molecule has 1 aliphatic rings. The maximum absolute atomic E-state index is 12.7. The SMILES string of the molecule is CCN1CCN(C(=O)c2ccnc(NCc3cccc(C)c3)n2)CC1. The number of nitrogens with zero attached hydrogens (tertiary/aromatic N) is 4. The van der Waals surface area contributed by atoms with Crippen LogP contribution >= 0.6 is 0 Å². The Morgan fingerprint density at radius 2 is 2.00 bits per heavy atom. The third-order valence-corrected chi connectivity index (χ3v) is 4.51. The van der Waals surface area contributed by atoms with E-state index in [0.29, 0.717) is 18.2 Å². The smallest absolute Gasteiger partial charge is 0.272 e. The monoisotopic (exact) mass is 339 g/mol. The highest BCUT2D eigenvalue weighted by Gasteiger charge is 2.22. The Kier molecular flexibility index (Phi) is 5.60. The lowest BCUT2D eigenvalue weighted by molar-refractivity contribution is 0.0637. The van der Waals surface area contributed by atoms with E-state index < -0.39 is 0 Å². The van der Waals surface area contributed by atoms with Gasteiger partial charge in [0.15, 0.2) is 0 Å². The van der Waals surface area contributed by atoms with Gasteiger partial charge in [0, 0.05) is 38.9 Å². The van der Waals surface area contributed by atoms with E-state index in [2.05, 4.69) is 52.2 Å². The quantitative estimate of drug-likeness (QED) is 0.905. The number of likely N-dealkylation sites (N-methyl/N-ethyl adjacent to an activating group) is 1. The molecule has 0 atom stereocenters. The summed E-state index contributed by atoms with van der Waals surface area (Å²) >= 11 is 0. The molecule has 0 spiro atoms. The molecule has 6 nitrogen and oxygen atoms in total. The van der Waals surface area contributed by atoms with Gasteiger partial charge in [-0.15, -0.1) is 0 Å². The number of piperazine rings is 1. The highest BCUT2D eigenvalue weighted by molar-refractivity contribution is 5.92. The summed E-state index contributed by atoms with van der Waals surface area (Å²) in [5.74, 6) is 0.469. The number of carbonyl (C=O) groups is 1. The minimum Gasteiger partial charge on any atom is -0.350 e. The predicted molar refractivity (Wildman–Crippen MR) is 98.6 cm³/mol. The first kappa shape index (κ1) is 17.4. The zero-order valence-electron chi connectivity index (χ0n) is 14.9. The lowest BCUT2D eigenvalue weighted by atomic mass is 10.1. The third-order valence-electron chi connectivity index (χ3n) is 4.51. The lowest BCUT2D eigenvalue weighted by Gasteiger charge is -2.33. The van der Waals surface area contributed by atoms with Gasteiger partial charge in [0.25, 0.3) is 5.91 Å². The summed E-state index contributed by atoms with van der Waals surface area (Å²) in [5, 5.41) is 3.20. The largest absolute Gasteiger partial charge is 0.350 e. The van der Waals surface area contributed by atoms with Crippen molar-refractivity contribution in [2.75, 3.05) is 38.0 Å². The van der Waals surface area contributed by atoms with Crippen LogP contribution in [0.4, 0.5) is 5.95 Å². The van der Waals surface area contributed by atoms with Gasteiger partial charge in [0.1, 0.15) is 5.69 Å². The molecule has 2 aromatic rings. The fourth-order valence-electron chi connectivity index (χ4n) is 3.00. The van der Waals surface area contributed by atoms with Crippen LogP contribution in [0, 0.1) is 6.92 Å². The average molecular weight is 339 g/mol. The summed E-state index contributed by atoms with van der Waals surface area (Å²) in [5.41, 5.74) is 2.83. The van der Waals surface area contributed by atoms with Crippen molar-refractivity contribution in [2.45, 2.75) is 20.4 Å². The fraction of sp³-hybridized carbons (Fsp3) is 0.421. The summed E-state index contributed by atoms with van der Waals surface area (Å²) in [4.78, 5) is 25.5. The number of rotatable bonds is 5. The average Bonchev–Trinajstić information content (AvgIpc) is 2.66. The Labute approximate surface area is 148 Å². The number of hydrogen-bond donors (Lipinski definition) is 1. The molecule has 1 saturated heterocycles. The Bertz CT molecular complexity index is 725. The van der Waals surface area contributed by atoms with Gasteiger partial charge in [-0.25, -0.2) is 9.97 Å². The first-order valence-corrected chi connectivity index (χ1v) is 8.80. The van der Waals surface area contributed by atoms with Crippen molar-refractivity contribution in [2.24, 2.45) is 0 Å². The van der Waals surface area contributed by atoms with Crippen LogP contribution in [0.5, 0.6) is 0 Å². The highest BCUT2D eigenvalue weighted by atomic mass is 16.2. The van der Waals surface area contributed by atoms with Crippen LogP contribution in [0.2, 0.25) is 0 Å². The molecule has 1 N–H and O–H groups in total. The number of anilines is 1. The summed E-state index contributed by atoms with van der Waals surface area (Å²) in [7, 11) is 0. The maximum Gasteiger partial charge on any atom is 0.272 e. The minimum atomic E-state index is -0.0169. The van der Waals surface area contributed by atoms with Crippen LogP contribution in [-0.2, 0) is 6.54 Å². The van der Waals surface area contributed by atoms with E-state index in [9.17, 15) is 4.79 Å². The van der Waals surface area contributed by atoms with Crippen LogP contribution < -0.4 is 5.32 Å². The first-order valence-electron chi connectivity index (χ1n) is 8.80. The number of aryl methyl sites for hydroxylation is 1. The molecule has 25 heavy (non-hydrogen) atoms. The van der Waals surface area contributed by atoms with Gasteiger partial charge in [0.05, 0.1) is 0 Å². The molecule has 6 heteroatoms. The normalized spacial score (nSPS) is 15.2. The van der Waals surface area contributed by atoms with Gasteiger partial charge in [-0.3, -0.25) is 4.79 Å². The summed E-state index contributed by atoms with van der Waals surface area (Å²) in [6.45, 7) is 9.23. The van der Waals surface area contributed by atoms with E-state index in [-0.39, 0.29) is 5.91 Å². The zero-order valence-corrected chi connectivity index (χ0v) is 14.9. The van der Waals surface area contributed by atoms with Crippen LogP contribution in [0.25, 0.3) is 0 Å². The molecule has 1 amide bonds. The number of hydrogen-bond acceptors (Lipinski definition) is 5. The van der Waals surface area contributed by atoms with Crippen LogP contribution in [-0.4, -0.2) is 58.4 Å². The summed E-state index contributed by atoms with van der Waals surface area (Å²) in [6.07, 6.45) is 1.64. The number of nitrogens with one attached hydrogen (secondary N) is 1. The van der Waals surface area contributed by atoms with E-state index in [0.717, 1.165) is 38.3 Å². The topological polar surface area (TPSA) is 61.4 Å². The van der Waals surface area contributed by atoms with Gasteiger partial charge in [-0.1, -0.05) is 36.8 Å². The summed E-state index contributed by atoms with van der Waals surface area (Å²) in [6, 6.07) is 9.96. The second-order valence-electron chi connectivity index (χ2n) is 6.33. The molecule has 0 saturated carbocycles. The van der Waals surface area contributed by atoms with Crippen molar-refractivity contribution in [1.82, 2.24) is 19.8 Å². The second kappa shape index (κ2) is 8.07. The van der Waals surface area contributed by atoms with Crippen molar-refractivity contribution in [3.05, 3.63) is 53.3 Å². The molecule has 1 aromatic carbocycles. The molecule has 2 heterocycles. The number of benzene rings is 1. The minimum absolute atomic E-state index is 0.0169. The van der Waals surface area contributed by atoms with E-state index in [1.54, 1.807) is 12.3 Å². The van der Waals surface area contributed by atoms with E-state index in [1.165, 1.54) is 5.56 Å². The van der Waals surface area contributed by atoms with E-state index in [1.807, 2.05) is 11.0 Å². The molecule has 1 fully saturated rings. The molecule has 1 aliphatic heterocycles. The fourth-order valence-corrected chi connectivity index (χ4v) is 3.00. The number of aromatic nitrogens is 2. The van der Waals surface area contributed by atoms with Gasteiger partial charge >= 0.3 is 0 Å². The molecule has 0 radical (unpaired) electrons. The lowest BCUT2D eigenvalue weighted by Crippen LogP contribution is -2.48. The number of amides is 1. The van der Waals surface area contributed by atoms with E-state index >= 15 is 0 Å². The molecule has 0 unspecified atom stereocenters. The van der Waals surface area contributed by atoms with Gasteiger partial charge in [0.2, 0.25) is 5.95 Å². The van der Waals surface area contributed by atoms with Crippen molar-refractivity contribution in [1.29, 1.82) is 0 Å². The van der Waals surface area contributed by atoms with Gasteiger partial charge in [-0.2, -0.15) is 0 Å². The van der Waals surface area contributed by atoms with Crippen LogP contribution in [0.15, 0.2) is 36.5 Å². The molecule has 1 aromatic heterocycles. The maximum atomic E-state index is 12.7. The van der Waals surface area contributed by atoms with Crippen molar-refractivity contribution in [3.63, 3.8) is 0 Å². The van der Waals surface area contributed by atoms with Crippen LogP contribution in [0.1, 0.15) is 28.5 Å². The van der Waals surface area contributed by atoms with Crippen LogP contribution in [0.3, 0.4) is 0 Å². The number of carbonyl (C=O) groups excluding carboxylic acids is 1. The first-order chi connectivity index (χ1) is 12.2. The standard InChI is InChI=1S/C19H25N5O/c1-3-23-9-11-24(12-10-23)18(25)17-7-8-20-19(22-17)21-14-16-6-4-5-15(2)13-16/h4-8,13H,3,9-12,14H2,1-2H3,(H,20,21,22). The molecule has 0 aliphatic carbocycles.